The molecule has 1 aliphatic carbocycles. The number of aromatic nitrogens is 3. The molecule has 0 aliphatic heterocycles. The monoisotopic (exact) mass is 430 g/mol. The summed E-state index contributed by atoms with van der Waals surface area (Å²) < 4.78 is 2.21. The van der Waals surface area contributed by atoms with Crippen molar-refractivity contribution in [2.24, 2.45) is 7.05 Å². The Morgan fingerprint density at radius 1 is 0.903 bits per heavy atom. The SMILES string of the molecule is CN(c1nc2cc(-c3ccc(-c4ccc(Cl)cc4)cn3)ccc2n1C)C1CCCCC1. The summed E-state index contributed by atoms with van der Waals surface area (Å²) in [6, 6.07) is 19.1. The van der Waals surface area contributed by atoms with E-state index in [1.54, 1.807) is 0 Å². The molecule has 0 unspecified atom stereocenters. The first-order valence-electron chi connectivity index (χ1n) is 11.0. The molecular weight excluding hydrogens is 404 g/mol. The van der Waals surface area contributed by atoms with E-state index in [4.69, 9.17) is 21.6 Å². The van der Waals surface area contributed by atoms with Gasteiger partial charge in [-0.15, -0.1) is 0 Å². The summed E-state index contributed by atoms with van der Waals surface area (Å²) in [5, 5.41) is 0.741. The molecule has 4 aromatic rings. The van der Waals surface area contributed by atoms with Gasteiger partial charge in [-0.2, -0.15) is 0 Å². The molecule has 0 bridgehead atoms. The minimum atomic E-state index is 0.589. The van der Waals surface area contributed by atoms with Crippen LogP contribution in [-0.4, -0.2) is 27.6 Å². The fourth-order valence-corrected chi connectivity index (χ4v) is 4.80. The molecule has 4 nitrogen and oxygen atoms in total. The van der Waals surface area contributed by atoms with Crippen molar-refractivity contribution < 1.29 is 0 Å². The van der Waals surface area contributed by atoms with Crippen LogP contribution in [0.4, 0.5) is 5.95 Å². The zero-order valence-corrected chi connectivity index (χ0v) is 18.8. The van der Waals surface area contributed by atoms with Gasteiger partial charge < -0.3 is 9.47 Å². The van der Waals surface area contributed by atoms with Crippen molar-refractivity contribution in [2.75, 3.05) is 11.9 Å². The average Bonchev–Trinajstić information content (AvgIpc) is 3.15. The molecule has 1 fully saturated rings. The smallest absolute Gasteiger partial charge is 0.206 e. The highest BCUT2D eigenvalue weighted by Crippen LogP contribution is 2.30. The molecule has 2 heterocycles. The lowest BCUT2D eigenvalue weighted by Gasteiger charge is -2.31. The highest BCUT2D eigenvalue weighted by molar-refractivity contribution is 6.30. The zero-order chi connectivity index (χ0) is 21.4. The van der Waals surface area contributed by atoms with Gasteiger partial charge in [0.15, 0.2) is 0 Å². The summed E-state index contributed by atoms with van der Waals surface area (Å²) in [4.78, 5) is 12.1. The predicted octanol–water partition coefficient (Wildman–Crippen LogP) is 6.72. The maximum atomic E-state index is 6.00. The Labute approximate surface area is 188 Å². The standard InChI is InChI=1S/C26H27ClN4/c1-30(22-6-4-3-5-7-22)26-29-24-16-19(11-15-25(24)31(26)2)23-14-10-20(17-28-23)18-8-12-21(27)13-9-18/h8-17,22H,3-7H2,1-2H3. The molecule has 5 rings (SSSR count). The van der Waals surface area contributed by atoms with Gasteiger partial charge in [0.2, 0.25) is 5.95 Å². The second-order valence-corrected chi connectivity index (χ2v) is 8.95. The number of fused-ring (bicyclic) bond motifs is 1. The van der Waals surface area contributed by atoms with E-state index >= 15 is 0 Å². The number of imidazole rings is 1. The number of nitrogens with zero attached hydrogens (tertiary/aromatic N) is 4. The Morgan fingerprint density at radius 2 is 1.61 bits per heavy atom. The van der Waals surface area contributed by atoms with Crippen LogP contribution in [0.5, 0.6) is 0 Å². The summed E-state index contributed by atoms with van der Waals surface area (Å²) >= 11 is 6.00. The van der Waals surface area contributed by atoms with Crippen molar-refractivity contribution in [3.63, 3.8) is 0 Å². The number of rotatable bonds is 4. The molecule has 31 heavy (non-hydrogen) atoms. The Bertz CT molecular complexity index is 1190. The largest absolute Gasteiger partial charge is 0.342 e. The van der Waals surface area contributed by atoms with Gasteiger partial charge in [0.1, 0.15) is 0 Å². The van der Waals surface area contributed by atoms with E-state index < -0.39 is 0 Å². The molecule has 1 saturated carbocycles. The zero-order valence-electron chi connectivity index (χ0n) is 18.1. The van der Waals surface area contributed by atoms with E-state index in [9.17, 15) is 0 Å². The van der Waals surface area contributed by atoms with Crippen LogP contribution in [0, 0.1) is 0 Å². The average molecular weight is 431 g/mol. The number of hydrogen-bond donors (Lipinski definition) is 0. The fraction of sp³-hybridized carbons (Fsp3) is 0.308. The first-order chi connectivity index (χ1) is 15.1. The maximum Gasteiger partial charge on any atom is 0.206 e. The number of anilines is 1. The van der Waals surface area contributed by atoms with Crippen LogP contribution in [0.3, 0.4) is 0 Å². The Hall–Kier alpha value is -2.85. The summed E-state index contributed by atoms with van der Waals surface area (Å²) in [6.45, 7) is 0. The minimum absolute atomic E-state index is 0.589. The summed E-state index contributed by atoms with van der Waals surface area (Å²) in [7, 11) is 4.30. The van der Waals surface area contributed by atoms with Crippen molar-refractivity contribution in [2.45, 2.75) is 38.1 Å². The van der Waals surface area contributed by atoms with E-state index in [0.29, 0.717) is 6.04 Å². The van der Waals surface area contributed by atoms with E-state index in [2.05, 4.69) is 53.9 Å². The van der Waals surface area contributed by atoms with E-state index in [1.165, 1.54) is 32.1 Å². The molecule has 0 amide bonds. The molecule has 0 radical (unpaired) electrons. The topological polar surface area (TPSA) is 34.0 Å². The highest BCUT2D eigenvalue weighted by Gasteiger charge is 2.22. The van der Waals surface area contributed by atoms with Crippen LogP contribution in [-0.2, 0) is 7.05 Å². The van der Waals surface area contributed by atoms with Crippen molar-refractivity contribution in [3.8, 4) is 22.4 Å². The minimum Gasteiger partial charge on any atom is -0.342 e. The van der Waals surface area contributed by atoms with Gasteiger partial charge in [-0.3, -0.25) is 4.98 Å². The normalized spacial score (nSPS) is 14.8. The van der Waals surface area contributed by atoms with Crippen molar-refractivity contribution in [1.82, 2.24) is 14.5 Å². The molecule has 0 saturated heterocycles. The van der Waals surface area contributed by atoms with E-state index in [-0.39, 0.29) is 0 Å². The molecule has 0 atom stereocenters. The van der Waals surface area contributed by atoms with Crippen molar-refractivity contribution in [3.05, 3.63) is 65.8 Å². The number of halogens is 1. The summed E-state index contributed by atoms with van der Waals surface area (Å²) in [5.74, 6) is 1.05. The van der Waals surface area contributed by atoms with Crippen LogP contribution in [0.2, 0.25) is 5.02 Å². The lowest BCUT2D eigenvalue weighted by molar-refractivity contribution is 0.422. The Kier molecular flexibility index (Phi) is 5.41. The van der Waals surface area contributed by atoms with Gasteiger partial charge in [-0.1, -0.05) is 55.1 Å². The van der Waals surface area contributed by atoms with Gasteiger partial charge in [-0.25, -0.2) is 4.98 Å². The number of pyridine rings is 1. The predicted molar refractivity (Wildman–Crippen MR) is 130 cm³/mol. The molecule has 2 aromatic carbocycles. The molecule has 158 valence electrons. The molecule has 5 heteroatoms. The Balaban J connectivity index is 1.43. The summed E-state index contributed by atoms with van der Waals surface area (Å²) in [6.07, 6.45) is 8.44. The van der Waals surface area contributed by atoms with Gasteiger partial charge >= 0.3 is 0 Å². The lowest BCUT2D eigenvalue weighted by Crippen LogP contribution is -2.34. The highest BCUT2D eigenvalue weighted by atomic mass is 35.5. The fourth-order valence-electron chi connectivity index (χ4n) is 4.67. The third-order valence-corrected chi connectivity index (χ3v) is 6.78. The maximum absolute atomic E-state index is 6.00. The van der Waals surface area contributed by atoms with Gasteiger partial charge in [0.25, 0.3) is 0 Å². The number of aryl methyl sites for hydroxylation is 1. The van der Waals surface area contributed by atoms with E-state index in [0.717, 1.165) is 44.4 Å². The van der Waals surface area contributed by atoms with Crippen LogP contribution in [0.25, 0.3) is 33.4 Å². The second-order valence-electron chi connectivity index (χ2n) is 8.52. The third kappa shape index (κ3) is 3.92. The number of benzene rings is 2. The molecule has 0 N–H and O–H groups in total. The van der Waals surface area contributed by atoms with Crippen LogP contribution in [0.1, 0.15) is 32.1 Å². The van der Waals surface area contributed by atoms with Crippen LogP contribution >= 0.6 is 11.6 Å². The van der Waals surface area contributed by atoms with Gasteiger partial charge in [-0.05, 0) is 48.7 Å². The van der Waals surface area contributed by atoms with E-state index in [1.807, 2.05) is 30.5 Å². The number of hydrogen-bond acceptors (Lipinski definition) is 3. The Morgan fingerprint density at radius 3 is 2.32 bits per heavy atom. The third-order valence-electron chi connectivity index (χ3n) is 6.53. The summed E-state index contributed by atoms with van der Waals surface area (Å²) in [5.41, 5.74) is 6.39. The molecule has 2 aromatic heterocycles. The first-order valence-corrected chi connectivity index (χ1v) is 11.4. The molecular formula is C26H27ClN4. The van der Waals surface area contributed by atoms with Crippen LogP contribution in [0.15, 0.2) is 60.8 Å². The van der Waals surface area contributed by atoms with Crippen molar-refractivity contribution >= 4 is 28.6 Å². The van der Waals surface area contributed by atoms with Gasteiger partial charge in [0.05, 0.1) is 16.7 Å². The lowest BCUT2D eigenvalue weighted by atomic mass is 9.95. The molecule has 0 spiro atoms. The van der Waals surface area contributed by atoms with Gasteiger partial charge in [0, 0.05) is 42.5 Å². The second kappa shape index (κ2) is 8.35. The first kappa shape index (κ1) is 20.1. The van der Waals surface area contributed by atoms with Crippen molar-refractivity contribution in [1.29, 1.82) is 0 Å². The molecule has 1 aliphatic rings. The van der Waals surface area contributed by atoms with Crippen LogP contribution < -0.4 is 4.90 Å². The quantitative estimate of drug-likeness (QED) is 0.360.